The van der Waals surface area contributed by atoms with Crippen LogP contribution in [0.1, 0.15) is 22.3 Å². The van der Waals surface area contributed by atoms with Gasteiger partial charge in [0.25, 0.3) is 0 Å². The summed E-state index contributed by atoms with van der Waals surface area (Å²) in [5.74, 6) is 0. The van der Waals surface area contributed by atoms with Gasteiger partial charge in [-0.2, -0.15) is 0 Å². The Morgan fingerprint density at radius 3 is 2.26 bits per heavy atom. The highest BCUT2D eigenvalue weighted by Crippen LogP contribution is 2.41. The van der Waals surface area contributed by atoms with Crippen LogP contribution >= 0.6 is 0 Å². The van der Waals surface area contributed by atoms with Crippen LogP contribution in [0.3, 0.4) is 0 Å². The maximum absolute atomic E-state index is 2.38. The largest absolute Gasteiger partial charge is 0.0587 e. The van der Waals surface area contributed by atoms with Gasteiger partial charge in [-0.3, -0.25) is 0 Å². The second-order valence-electron chi connectivity index (χ2n) is 6.85. The molecule has 0 bridgehead atoms. The molecule has 0 unspecified atom stereocenters. The van der Waals surface area contributed by atoms with Gasteiger partial charge >= 0.3 is 0 Å². The van der Waals surface area contributed by atoms with Gasteiger partial charge in [-0.25, -0.2) is 0 Å². The molecule has 0 aromatic heterocycles. The molecular formula is C23H18. The lowest BCUT2D eigenvalue weighted by Crippen LogP contribution is -1.86. The zero-order chi connectivity index (χ0) is 15.6. The van der Waals surface area contributed by atoms with Crippen molar-refractivity contribution in [1.82, 2.24) is 0 Å². The fraction of sp³-hybridized carbons (Fsp3) is 0.130. The van der Waals surface area contributed by atoms with Crippen molar-refractivity contribution < 1.29 is 0 Å². The molecule has 23 heavy (non-hydrogen) atoms. The number of aryl methyl sites for hydroxylation is 2. The van der Waals surface area contributed by atoms with Crippen LogP contribution in [0.15, 0.2) is 60.7 Å². The fourth-order valence-corrected chi connectivity index (χ4v) is 4.02. The van der Waals surface area contributed by atoms with Gasteiger partial charge in [0.15, 0.2) is 0 Å². The molecule has 110 valence electrons. The molecule has 0 fully saturated rings. The minimum atomic E-state index is 1.06. The Labute approximate surface area is 136 Å². The molecule has 5 rings (SSSR count). The summed E-state index contributed by atoms with van der Waals surface area (Å²) in [6.07, 6.45) is 1.06. The van der Waals surface area contributed by atoms with Crippen LogP contribution in [-0.2, 0) is 6.42 Å². The molecule has 0 spiro atoms. The minimum Gasteiger partial charge on any atom is -0.0587 e. The van der Waals surface area contributed by atoms with Crippen LogP contribution in [0.2, 0.25) is 0 Å². The first-order valence-corrected chi connectivity index (χ1v) is 8.25. The minimum absolute atomic E-state index is 1.06. The molecular weight excluding hydrogens is 276 g/mol. The lowest BCUT2D eigenvalue weighted by molar-refractivity contribution is 1.27. The predicted octanol–water partition coefficient (Wildman–Crippen LogP) is 6.18. The summed E-state index contributed by atoms with van der Waals surface area (Å²) in [4.78, 5) is 0. The Kier molecular flexibility index (Phi) is 2.50. The van der Waals surface area contributed by atoms with Gasteiger partial charge in [-0.05, 0) is 76.2 Å². The number of hydrogen-bond acceptors (Lipinski definition) is 0. The first-order valence-electron chi connectivity index (χ1n) is 8.25. The first kappa shape index (κ1) is 12.9. The molecule has 0 saturated carbocycles. The Hall–Kier alpha value is -2.60. The summed E-state index contributed by atoms with van der Waals surface area (Å²) in [6, 6.07) is 22.9. The molecule has 0 heterocycles. The van der Waals surface area contributed by atoms with Crippen LogP contribution in [0, 0.1) is 13.8 Å². The van der Waals surface area contributed by atoms with E-state index in [1.165, 1.54) is 54.9 Å². The van der Waals surface area contributed by atoms with Gasteiger partial charge in [0.1, 0.15) is 0 Å². The van der Waals surface area contributed by atoms with Gasteiger partial charge in [-0.1, -0.05) is 59.7 Å². The summed E-state index contributed by atoms with van der Waals surface area (Å²) in [5.41, 5.74) is 8.46. The van der Waals surface area contributed by atoms with Crippen molar-refractivity contribution in [2.45, 2.75) is 20.3 Å². The first-order chi connectivity index (χ1) is 11.2. The van der Waals surface area contributed by atoms with Crippen LogP contribution < -0.4 is 0 Å². The number of hydrogen-bond donors (Lipinski definition) is 0. The molecule has 0 saturated heterocycles. The quantitative estimate of drug-likeness (QED) is 0.299. The summed E-state index contributed by atoms with van der Waals surface area (Å²) in [6.45, 7) is 4.34. The van der Waals surface area contributed by atoms with Crippen molar-refractivity contribution in [3.63, 3.8) is 0 Å². The maximum Gasteiger partial charge on any atom is -0.000718 e. The second-order valence-corrected chi connectivity index (χ2v) is 6.85. The third-order valence-corrected chi connectivity index (χ3v) is 5.16. The summed E-state index contributed by atoms with van der Waals surface area (Å²) in [7, 11) is 0. The summed E-state index contributed by atoms with van der Waals surface area (Å²) < 4.78 is 0. The standard InChI is InChI=1S/C23H18/c1-14-3-5-16-12-22-17(11-18(16)9-14)6-8-21-20-7-4-15(2)10-19(20)13-23(21)22/h3-12H,13H2,1-2H3. The lowest BCUT2D eigenvalue weighted by Gasteiger charge is -2.08. The second kappa shape index (κ2) is 4.45. The van der Waals surface area contributed by atoms with E-state index >= 15 is 0 Å². The van der Waals surface area contributed by atoms with Crippen molar-refractivity contribution >= 4 is 21.5 Å². The Morgan fingerprint density at radius 2 is 1.35 bits per heavy atom. The van der Waals surface area contributed by atoms with Crippen LogP contribution in [0.4, 0.5) is 0 Å². The normalized spacial score (nSPS) is 12.6. The lowest BCUT2D eigenvalue weighted by atomic mass is 9.95. The molecule has 0 atom stereocenters. The molecule has 0 nitrogen and oxygen atoms in total. The van der Waals surface area contributed by atoms with E-state index in [9.17, 15) is 0 Å². The monoisotopic (exact) mass is 294 g/mol. The molecule has 4 aromatic rings. The zero-order valence-electron chi connectivity index (χ0n) is 13.5. The van der Waals surface area contributed by atoms with E-state index in [0.717, 1.165) is 6.42 Å². The van der Waals surface area contributed by atoms with Crippen LogP contribution in [0.25, 0.3) is 32.7 Å². The van der Waals surface area contributed by atoms with Gasteiger partial charge in [0, 0.05) is 0 Å². The Morgan fingerprint density at radius 1 is 0.609 bits per heavy atom. The van der Waals surface area contributed by atoms with Gasteiger partial charge in [0.05, 0.1) is 0 Å². The summed E-state index contributed by atoms with van der Waals surface area (Å²) in [5, 5.41) is 5.44. The molecule has 0 radical (unpaired) electrons. The zero-order valence-corrected chi connectivity index (χ0v) is 13.5. The fourth-order valence-electron chi connectivity index (χ4n) is 4.02. The van der Waals surface area contributed by atoms with Crippen molar-refractivity contribution in [1.29, 1.82) is 0 Å². The average molecular weight is 294 g/mol. The highest BCUT2D eigenvalue weighted by atomic mass is 14.2. The Balaban J connectivity index is 1.83. The number of rotatable bonds is 0. The SMILES string of the molecule is Cc1ccc2c(c1)Cc1c-2ccc2cc3cc(C)ccc3cc12. The number of fused-ring (bicyclic) bond motifs is 6. The smallest absolute Gasteiger partial charge is 0.000718 e. The van der Waals surface area contributed by atoms with Crippen LogP contribution in [-0.4, -0.2) is 0 Å². The van der Waals surface area contributed by atoms with E-state index in [4.69, 9.17) is 0 Å². The third kappa shape index (κ3) is 1.85. The molecule has 1 aliphatic rings. The average Bonchev–Trinajstić information content (AvgIpc) is 2.90. The van der Waals surface area contributed by atoms with Crippen molar-refractivity contribution in [3.8, 4) is 11.1 Å². The predicted molar refractivity (Wildman–Crippen MR) is 99.2 cm³/mol. The molecule has 4 aromatic carbocycles. The van der Waals surface area contributed by atoms with E-state index in [1.807, 2.05) is 0 Å². The van der Waals surface area contributed by atoms with Crippen molar-refractivity contribution in [2.75, 3.05) is 0 Å². The highest BCUT2D eigenvalue weighted by Gasteiger charge is 2.20. The third-order valence-electron chi connectivity index (χ3n) is 5.16. The van der Waals surface area contributed by atoms with Crippen molar-refractivity contribution in [3.05, 3.63) is 82.9 Å². The van der Waals surface area contributed by atoms with Crippen LogP contribution in [0.5, 0.6) is 0 Å². The van der Waals surface area contributed by atoms with E-state index < -0.39 is 0 Å². The molecule has 0 N–H and O–H groups in total. The van der Waals surface area contributed by atoms with E-state index in [2.05, 4.69) is 74.5 Å². The molecule has 1 aliphatic carbocycles. The number of benzene rings is 4. The van der Waals surface area contributed by atoms with E-state index in [0.29, 0.717) is 0 Å². The van der Waals surface area contributed by atoms with E-state index in [-0.39, 0.29) is 0 Å². The highest BCUT2D eigenvalue weighted by molar-refractivity contribution is 6.03. The van der Waals surface area contributed by atoms with Crippen molar-refractivity contribution in [2.24, 2.45) is 0 Å². The molecule has 0 heteroatoms. The maximum atomic E-state index is 2.38. The Bertz CT molecular complexity index is 1100. The van der Waals surface area contributed by atoms with Gasteiger partial charge < -0.3 is 0 Å². The topological polar surface area (TPSA) is 0 Å². The molecule has 0 amide bonds. The van der Waals surface area contributed by atoms with Gasteiger partial charge in [-0.15, -0.1) is 0 Å². The van der Waals surface area contributed by atoms with Gasteiger partial charge in [0.2, 0.25) is 0 Å². The molecule has 0 aliphatic heterocycles. The van der Waals surface area contributed by atoms with E-state index in [1.54, 1.807) is 0 Å². The summed E-state index contributed by atoms with van der Waals surface area (Å²) >= 11 is 0.